The number of aromatic nitrogens is 2. The van der Waals surface area contributed by atoms with Crippen molar-refractivity contribution in [1.29, 1.82) is 0 Å². The molecule has 2 rings (SSSR count). The van der Waals surface area contributed by atoms with E-state index in [2.05, 4.69) is 0 Å². The normalized spacial score (nSPS) is 11.0. The van der Waals surface area contributed by atoms with Gasteiger partial charge in [-0.25, -0.2) is 9.18 Å². The Bertz CT molecular complexity index is 855. The highest BCUT2D eigenvalue weighted by Gasteiger charge is 2.16. The number of ether oxygens (including phenoxy) is 1. The lowest BCUT2D eigenvalue weighted by molar-refractivity contribution is 0.386. The first-order chi connectivity index (χ1) is 11.3. The number of halogens is 1. The molecule has 7 heteroatoms. The third kappa shape index (κ3) is 3.34. The molecule has 0 aliphatic carbocycles. The number of nitrogens with zero attached hydrogens (tertiary/aromatic N) is 3. The second-order valence-corrected chi connectivity index (χ2v) is 5.92. The van der Waals surface area contributed by atoms with Gasteiger partial charge in [-0.3, -0.25) is 13.9 Å². The Balaban J connectivity index is 2.46. The molecule has 0 amide bonds. The topological polar surface area (TPSA) is 56.5 Å². The molecule has 1 aromatic heterocycles. The predicted octanol–water partition coefficient (Wildman–Crippen LogP) is 1.65. The maximum atomic E-state index is 14.0. The van der Waals surface area contributed by atoms with Crippen molar-refractivity contribution in [1.82, 2.24) is 9.13 Å². The van der Waals surface area contributed by atoms with Crippen LogP contribution in [0.1, 0.15) is 19.5 Å². The zero-order valence-electron chi connectivity index (χ0n) is 14.5. The molecule has 0 fully saturated rings. The molecule has 130 valence electrons. The molecule has 1 heterocycles. The van der Waals surface area contributed by atoms with Crippen molar-refractivity contribution in [2.75, 3.05) is 12.0 Å². The van der Waals surface area contributed by atoms with Gasteiger partial charge in [0.05, 0.1) is 13.7 Å². The van der Waals surface area contributed by atoms with Gasteiger partial charge in [-0.15, -0.1) is 0 Å². The maximum Gasteiger partial charge on any atom is 0.330 e. The molecule has 0 bridgehead atoms. The Morgan fingerprint density at radius 3 is 2.38 bits per heavy atom. The van der Waals surface area contributed by atoms with Crippen LogP contribution < -0.4 is 20.9 Å². The van der Waals surface area contributed by atoms with Crippen LogP contribution in [0.25, 0.3) is 0 Å². The zero-order chi connectivity index (χ0) is 18.0. The molecular weight excluding hydrogens is 313 g/mol. The van der Waals surface area contributed by atoms with Crippen LogP contribution in [0, 0.1) is 5.82 Å². The van der Waals surface area contributed by atoms with E-state index in [-0.39, 0.29) is 23.0 Å². The Morgan fingerprint density at radius 1 is 1.17 bits per heavy atom. The lowest BCUT2D eigenvalue weighted by Crippen LogP contribution is -2.40. The standard InChI is InChI=1S/C17H22FN3O3/c1-11(2)21(12-6-7-15(24-5)14(18)8-12)10-13-9-16(22)20(4)17(23)19(13)3/h6-9,11H,10H2,1-5H3. The fourth-order valence-electron chi connectivity index (χ4n) is 2.51. The van der Waals surface area contributed by atoms with Crippen LogP contribution in [-0.4, -0.2) is 22.3 Å². The predicted molar refractivity (Wildman–Crippen MR) is 91.2 cm³/mol. The van der Waals surface area contributed by atoms with Crippen LogP contribution in [0.5, 0.6) is 5.75 Å². The minimum atomic E-state index is -0.460. The fraction of sp³-hybridized carbons (Fsp3) is 0.412. The average Bonchev–Trinajstić information content (AvgIpc) is 2.54. The van der Waals surface area contributed by atoms with Crippen LogP contribution >= 0.6 is 0 Å². The SMILES string of the molecule is COc1ccc(N(Cc2cc(=O)n(C)c(=O)n2C)C(C)C)cc1F. The first kappa shape index (κ1) is 17.8. The highest BCUT2D eigenvalue weighted by Crippen LogP contribution is 2.26. The quantitative estimate of drug-likeness (QED) is 0.834. The molecular formula is C17H22FN3O3. The summed E-state index contributed by atoms with van der Waals surface area (Å²) < 4.78 is 21.4. The smallest absolute Gasteiger partial charge is 0.330 e. The number of benzene rings is 1. The van der Waals surface area contributed by atoms with E-state index in [9.17, 15) is 14.0 Å². The Labute approximate surface area is 139 Å². The van der Waals surface area contributed by atoms with Crippen molar-refractivity contribution in [3.63, 3.8) is 0 Å². The number of rotatable bonds is 5. The highest BCUT2D eigenvalue weighted by atomic mass is 19.1. The molecule has 0 atom stereocenters. The molecule has 0 aliphatic heterocycles. The molecule has 6 nitrogen and oxygen atoms in total. The summed E-state index contributed by atoms with van der Waals surface area (Å²) in [5.41, 5.74) is 0.462. The van der Waals surface area contributed by atoms with E-state index in [1.165, 1.54) is 30.9 Å². The summed E-state index contributed by atoms with van der Waals surface area (Å²) in [6.07, 6.45) is 0. The van der Waals surface area contributed by atoms with E-state index in [4.69, 9.17) is 4.74 Å². The third-order valence-corrected chi connectivity index (χ3v) is 4.05. The van der Waals surface area contributed by atoms with Crippen LogP contribution in [0.4, 0.5) is 10.1 Å². The molecule has 0 N–H and O–H groups in total. The number of hydrogen-bond donors (Lipinski definition) is 0. The van der Waals surface area contributed by atoms with Crippen molar-refractivity contribution < 1.29 is 9.13 Å². The minimum absolute atomic E-state index is 0.0388. The van der Waals surface area contributed by atoms with E-state index in [1.807, 2.05) is 18.7 Å². The van der Waals surface area contributed by atoms with Crippen molar-refractivity contribution in [3.05, 3.63) is 56.6 Å². The number of hydrogen-bond acceptors (Lipinski definition) is 4. The molecule has 0 saturated heterocycles. The molecule has 0 unspecified atom stereocenters. The van der Waals surface area contributed by atoms with Crippen molar-refractivity contribution in [3.8, 4) is 5.75 Å². The van der Waals surface area contributed by atoms with Gasteiger partial charge < -0.3 is 9.64 Å². The van der Waals surface area contributed by atoms with Crippen LogP contribution in [0.3, 0.4) is 0 Å². The van der Waals surface area contributed by atoms with Gasteiger partial charge in [0, 0.05) is 43.7 Å². The van der Waals surface area contributed by atoms with Crippen molar-refractivity contribution in [2.24, 2.45) is 14.1 Å². The van der Waals surface area contributed by atoms with Crippen LogP contribution in [0.2, 0.25) is 0 Å². The monoisotopic (exact) mass is 335 g/mol. The second-order valence-electron chi connectivity index (χ2n) is 5.92. The summed E-state index contributed by atoms with van der Waals surface area (Å²) in [5.74, 6) is -0.290. The summed E-state index contributed by atoms with van der Waals surface area (Å²) in [5, 5.41) is 0. The van der Waals surface area contributed by atoms with Crippen molar-refractivity contribution in [2.45, 2.75) is 26.4 Å². The first-order valence-electron chi connectivity index (χ1n) is 7.62. The molecule has 0 saturated carbocycles. The second kappa shape index (κ2) is 6.90. The molecule has 0 aliphatic rings. The van der Waals surface area contributed by atoms with E-state index >= 15 is 0 Å². The average molecular weight is 335 g/mol. The zero-order valence-corrected chi connectivity index (χ0v) is 14.5. The molecule has 2 aromatic rings. The number of anilines is 1. The van der Waals surface area contributed by atoms with Crippen LogP contribution in [-0.2, 0) is 20.6 Å². The molecule has 0 radical (unpaired) electrons. The third-order valence-electron chi connectivity index (χ3n) is 4.05. The summed E-state index contributed by atoms with van der Waals surface area (Å²) in [4.78, 5) is 25.9. The Morgan fingerprint density at radius 2 is 1.83 bits per heavy atom. The van der Waals surface area contributed by atoms with E-state index < -0.39 is 5.82 Å². The Hall–Kier alpha value is -2.57. The van der Waals surface area contributed by atoms with Gasteiger partial charge in [-0.1, -0.05) is 0 Å². The van der Waals surface area contributed by atoms with Gasteiger partial charge in [0.15, 0.2) is 11.6 Å². The molecule has 0 spiro atoms. The van der Waals surface area contributed by atoms with E-state index in [0.29, 0.717) is 17.9 Å². The van der Waals surface area contributed by atoms with Crippen LogP contribution in [0.15, 0.2) is 33.9 Å². The largest absolute Gasteiger partial charge is 0.494 e. The van der Waals surface area contributed by atoms with Gasteiger partial charge in [-0.05, 0) is 26.0 Å². The minimum Gasteiger partial charge on any atom is -0.494 e. The maximum absolute atomic E-state index is 14.0. The van der Waals surface area contributed by atoms with Gasteiger partial charge in [0.2, 0.25) is 0 Å². The lowest BCUT2D eigenvalue weighted by atomic mass is 10.2. The fourth-order valence-corrected chi connectivity index (χ4v) is 2.51. The molecule has 1 aromatic carbocycles. The Kier molecular flexibility index (Phi) is 5.11. The van der Waals surface area contributed by atoms with Gasteiger partial charge in [-0.2, -0.15) is 0 Å². The van der Waals surface area contributed by atoms with Gasteiger partial charge >= 0.3 is 5.69 Å². The van der Waals surface area contributed by atoms with E-state index in [0.717, 1.165) is 4.57 Å². The van der Waals surface area contributed by atoms with Gasteiger partial charge in [0.25, 0.3) is 5.56 Å². The van der Waals surface area contributed by atoms with E-state index in [1.54, 1.807) is 19.2 Å². The summed E-state index contributed by atoms with van der Waals surface area (Å²) in [7, 11) is 4.46. The first-order valence-corrected chi connectivity index (χ1v) is 7.62. The molecule has 24 heavy (non-hydrogen) atoms. The highest BCUT2D eigenvalue weighted by molar-refractivity contribution is 5.50. The van der Waals surface area contributed by atoms with Crippen molar-refractivity contribution >= 4 is 5.69 Å². The summed E-state index contributed by atoms with van der Waals surface area (Å²) in [6, 6.07) is 6.16. The number of methoxy groups -OCH3 is 1. The summed E-state index contributed by atoms with van der Waals surface area (Å²) in [6.45, 7) is 4.23. The summed E-state index contributed by atoms with van der Waals surface area (Å²) >= 11 is 0. The lowest BCUT2D eigenvalue weighted by Gasteiger charge is -2.30. The van der Waals surface area contributed by atoms with Gasteiger partial charge in [0.1, 0.15) is 0 Å².